The Morgan fingerprint density at radius 2 is 1.50 bits per heavy atom. The predicted octanol–water partition coefficient (Wildman–Crippen LogP) is 6.24. The molecule has 230 valence electrons. The minimum Gasteiger partial charge on any atom is -0.355 e. The standard InChI is InChI=1S/C35H38ClN3O4S/c1-5-37-35(41)33(22-28-12-7-6-8-13-28)38(23-29-14-10-9-11-26(29)3)34(40)24-39(32-20-17-30(36)21-27(32)4)44(42,43)31-18-15-25(2)16-19-31/h6-21,33H,5,22-24H2,1-4H3,(H,37,41). The number of carbonyl (C=O) groups is 2. The van der Waals surface area contributed by atoms with Crippen molar-refractivity contribution in [2.24, 2.45) is 0 Å². The van der Waals surface area contributed by atoms with E-state index in [1.807, 2.05) is 75.4 Å². The molecule has 9 heteroatoms. The van der Waals surface area contributed by atoms with Gasteiger partial charge in [-0.1, -0.05) is 83.9 Å². The number of nitrogens with zero attached hydrogens (tertiary/aromatic N) is 2. The highest BCUT2D eigenvalue weighted by molar-refractivity contribution is 7.92. The molecule has 2 amide bonds. The highest BCUT2D eigenvalue weighted by Gasteiger charge is 2.35. The monoisotopic (exact) mass is 631 g/mol. The molecular weight excluding hydrogens is 594 g/mol. The lowest BCUT2D eigenvalue weighted by Gasteiger charge is -2.34. The average molecular weight is 632 g/mol. The van der Waals surface area contributed by atoms with E-state index >= 15 is 0 Å². The first-order valence-corrected chi connectivity index (χ1v) is 16.3. The largest absolute Gasteiger partial charge is 0.355 e. The second-order valence-corrected chi connectivity index (χ2v) is 13.1. The summed E-state index contributed by atoms with van der Waals surface area (Å²) in [7, 11) is -4.19. The normalized spacial score (nSPS) is 11.9. The van der Waals surface area contributed by atoms with Crippen LogP contribution in [-0.2, 0) is 32.6 Å². The third-order valence-corrected chi connectivity index (χ3v) is 9.55. The second kappa shape index (κ2) is 14.6. The van der Waals surface area contributed by atoms with Gasteiger partial charge in [0.2, 0.25) is 11.8 Å². The Balaban J connectivity index is 1.83. The number of rotatable bonds is 12. The Morgan fingerprint density at radius 3 is 2.14 bits per heavy atom. The van der Waals surface area contributed by atoms with Crippen LogP contribution in [0.15, 0.2) is 102 Å². The number of sulfonamides is 1. The molecule has 0 aliphatic rings. The third kappa shape index (κ3) is 7.87. The summed E-state index contributed by atoms with van der Waals surface area (Å²) in [6.07, 6.45) is 0.259. The Kier molecular flexibility index (Phi) is 10.8. The Bertz CT molecular complexity index is 1710. The first-order chi connectivity index (χ1) is 21.0. The number of nitrogens with one attached hydrogen (secondary N) is 1. The van der Waals surface area contributed by atoms with Gasteiger partial charge in [-0.05, 0) is 80.3 Å². The van der Waals surface area contributed by atoms with E-state index in [1.165, 1.54) is 17.0 Å². The van der Waals surface area contributed by atoms with Crippen LogP contribution >= 0.6 is 11.6 Å². The van der Waals surface area contributed by atoms with E-state index in [2.05, 4.69) is 5.32 Å². The van der Waals surface area contributed by atoms with Crippen LogP contribution < -0.4 is 9.62 Å². The van der Waals surface area contributed by atoms with Crippen molar-refractivity contribution in [3.05, 3.63) is 130 Å². The van der Waals surface area contributed by atoms with Crippen LogP contribution in [0.4, 0.5) is 5.69 Å². The minimum absolute atomic E-state index is 0.0558. The van der Waals surface area contributed by atoms with Crippen LogP contribution in [0.5, 0.6) is 0 Å². The van der Waals surface area contributed by atoms with Gasteiger partial charge >= 0.3 is 0 Å². The van der Waals surface area contributed by atoms with E-state index in [4.69, 9.17) is 11.6 Å². The molecule has 1 N–H and O–H groups in total. The Hall–Kier alpha value is -4.14. The molecule has 44 heavy (non-hydrogen) atoms. The van der Waals surface area contributed by atoms with Crippen LogP contribution in [0.25, 0.3) is 0 Å². The van der Waals surface area contributed by atoms with Gasteiger partial charge in [-0.3, -0.25) is 13.9 Å². The number of anilines is 1. The second-order valence-electron chi connectivity index (χ2n) is 10.8. The van der Waals surface area contributed by atoms with E-state index in [1.54, 1.807) is 37.3 Å². The number of aryl methyl sites for hydroxylation is 3. The van der Waals surface area contributed by atoms with Crippen LogP contribution in [0, 0.1) is 20.8 Å². The highest BCUT2D eigenvalue weighted by Crippen LogP contribution is 2.30. The molecule has 0 heterocycles. The van der Waals surface area contributed by atoms with Crippen molar-refractivity contribution in [1.29, 1.82) is 0 Å². The maximum atomic E-state index is 14.5. The topological polar surface area (TPSA) is 86.8 Å². The summed E-state index contributed by atoms with van der Waals surface area (Å²) in [6, 6.07) is 27.6. The van der Waals surface area contributed by atoms with Crippen molar-refractivity contribution >= 4 is 39.1 Å². The van der Waals surface area contributed by atoms with E-state index in [0.29, 0.717) is 22.8 Å². The molecule has 1 atom stereocenters. The van der Waals surface area contributed by atoms with Gasteiger partial charge in [0.25, 0.3) is 10.0 Å². The van der Waals surface area contributed by atoms with Crippen molar-refractivity contribution in [3.8, 4) is 0 Å². The Labute approximate surface area is 265 Å². The zero-order valence-electron chi connectivity index (χ0n) is 25.5. The SMILES string of the molecule is CCNC(=O)C(Cc1ccccc1)N(Cc1ccccc1C)C(=O)CN(c1ccc(Cl)cc1C)S(=O)(=O)c1ccc(C)cc1. The maximum Gasteiger partial charge on any atom is 0.264 e. The maximum absolute atomic E-state index is 14.5. The summed E-state index contributed by atoms with van der Waals surface area (Å²) in [5, 5.41) is 3.33. The molecule has 7 nitrogen and oxygen atoms in total. The number of hydrogen-bond donors (Lipinski definition) is 1. The minimum atomic E-state index is -4.19. The molecule has 0 saturated carbocycles. The van der Waals surface area contributed by atoms with Gasteiger partial charge in [-0.2, -0.15) is 0 Å². The predicted molar refractivity (Wildman–Crippen MR) is 176 cm³/mol. The van der Waals surface area contributed by atoms with E-state index < -0.39 is 28.5 Å². The number of likely N-dealkylation sites (N-methyl/N-ethyl adjacent to an activating group) is 1. The molecular formula is C35H38ClN3O4S. The molecule has 0 spiro atoms. The number of amides is 2. The first-order valence-electron chi connectivity index (χ1n) is 14.5. The van der Waals surface area contributed by atoms with Crippen LogP contribution in [0.3, 0.4) is 0 Å². The number of halogens is 1. The molecule has 1 unspecified atom stereocenters. The van der Waals surface area contributed by atoms with Crippen molar-refractivity contribution < 1.29 is 18.0 Å². The fourth-order valence-electron chi connectivity index (χ4n) is 5.07. The molecule has 4 aromatic rings. The highest BCUT2D eigenvalue weighted by atomic mass is 35.5. The van der Waals surface area contributed by atoms with Crippen LogP contribution in [0.2, 0.25) is 5.02 Å². The molecule has 0 aliphatic heterocycles. The first kappa shape index (κ1) is 32.8. The molecule has 4 aromatic carbocycles. The fourth-order valence-corrected chi connectivity index (χ4v) is 6.77. The van der Waals surface area contributed by atoms with E-state index in [0.717, 1.165) is 26.6 Å². The smallest absolute Gasteiger partial charge is 0.264 e. The van der Waals surface area contributed by atoms with Crippen molar-refractivity contribution in [3.63, 3.8) is 0 Å². The lowest BCUT2D eigenvalue weighted by molar-refractivity contribution is -0.140. The summed E-state index contributed by atoms with van der Waals surface area (Å²) in [4.78, 5) is 29.7. The molecule has 0 radical (unpaired) electrons. The summed E-state index contributed by atoms with van der Waals surface area (Å²) in [5.41, 5.74) is 4.53. The van der Waals surface area contributed by atoms with Gasteiger partial charge < -0.3 is 10.2 Å². The van der Waals surface area contributed by atoms with Crippen molar-refractivity contribution in [2.75, 3.05) is 17.4 Å². The van der Waals surface area contributed by atoms with Gasteiger partial charge in [0.05, 0.1) is 10.6 Å². The van der Waals surface area contributed by atoms with E-state index in [9.17, 15) is 18.0 Å². The van der Waals surface area contributed by atoms with Crippen LogP contribution in [-0.4, -0.2) is 44.3 Å². The molecule has 0 aromatic heterocycles. The summed E-state index contributed by atoms with van der Waals surface area (Å²) < 4.78 is 29.5. The third-order valence-electron chi connectivity index (χ3n) is 7.54. The lowest BCUT2D eigenvalue weighted by atomic mass is 10.0. The van der Waals surface area contributed by atoms with Crippen molar-refractivity contribution in [2.45, 2.75) is 51.6 Å². The summed E-state index contributed by atoms with van der Waals surface area (Å²) in [6.45, 7) is 7.38. The zero-order valence-corrected chi connectivity index (χ0v) is 27.0. The summed E-state index contributed by atoms with van der Waals surface area (Å²) >= 11 is 6.23. The van der Waals surface area contributed by atoms with E-state index in [-0.39, 0.29) is 23.8 Å². The molecule has 4 rings (SSSR count). The lowest BCUT2D eigenvalue weighted by Crippen LogP contribution is -2.53. The molecule has 0 bridgehead atoms. The van der Waals surface area contributed by atoms with Crippen LogP contribution in [0.1, 0.15) is 34.7 Å². The van der Waals surface area contributed by atoms with Gasteiger partial charge in [0.15, 0.2) is 0 Å². The van der Waals surface area contributed by atoms with Gasteiger partial charge in [-0.25, -0.2) is 8.42 Å². The molecule has 0 fully saturated rings. The van der Waals surface area contributed by atoms with Gasteiger partial charge in [0.1, 0.15) is 12.6 Å². The van der Waals surface area contributed by atoms with Gasteiger partial charge in [0, 0.05) is 24.5 Å². The average Bonchev–Trinajstić information content (AvgIpc) is 2.99. The number of carbonyl (C=O) groups excluding carboxylic acids is 2. The van der Waals surface area contributed by atoms with Gasteiger partial charge in [-0.15, -0.1) is 0 Å². The fraction of sp³-hybridized carbons (Fsp3) is 0.257. The molecule has 0 saturated heterocycles. The number of hydrogen-bond acceptors (Lipinski definition) is 4. The molecule has 0 aliphatic carbocycles. The van der Waals surface area contributed by atoms with Crippen molar-refractivity contribution in [1.82, 2.24) is 10.2 Å². The summed E-state index contributed by atoms with van der Waals surface area (Å²) in [5.74, 6) is -0.820. The zero-order chi connectivity index (χ0) is 31.9. The quantitative estimate of drug-likeness (QED) is 0.201. The number of benzene rings is 4. The Morgan fingerprint density at radius 1 is 0.841 bits per heavy atom.